The summed E-state index contributed by atoms with van der Waals surface area (Å²) >= 11 is 0. The van der Waals surface area contributed by atoms with Crippen molar-refractivity contribution in [3.8, 4) is 0 Å². The van der Waals surface area contributed by atoms with Crippen LogP contribution >= 0.6 is 0 Å². The van der Waals surface area contributed by atoms with Gasteiger partial charge in [0.05, 0.1) is 6.61 Å². The third-order valence-electron chi connectivity index (χ3n) is 2.18. The summed E-state index contributed by atoms with van der Waals surface area (Å²) in [6.07, 6.45) is 3.09. The van der Waals surface area contributed by atoms with Crippen LogP contribution in [0.2, 0.25) is 0 Å². The molecule has 1 aromatic rings. The van der Waals surface area contributed by atoms with Gasteiger partial charge in [-0.05, 0) is 19.8 Å². The van der Waals surface area contributed by atoms with Crippen molar-refractivity contribution < 1.29 is 5.11 Å². The Labute approximate surface area is 71.2 Å². The summed E-state index contributed by atoms with van der Waals surface area (Å²) in [5.74, 6) is 1.90. The first-order valence-electron chi connectivity index (χ1n) is 4.34. The van der Waals surface area contributed by atoms with Crippen LogP contribution in [0.25, 0.3) is 0 Å². The Morgan fingerprint density at radius 1 is 1.50 bits per heavy atom. The largest absolute Gasteiger partial charge is 0.396 e. The average molecular weight is 167 g/mol. The molecule has 12 heavy (non-hydrogen) atoms. The van der Waals surface area contributed by atoms with Gasteiger partial charge in [0.2, 0.25) is 0 Å². The Kier molecular flexibility index (Phi) is 1.84. The van der Waals surface area contributed by atoms with Crippen molar-refractivity contribution >= 4 is 0 Å². The molecule has 1 aliphatic rings. The Balaban J connectivity index is 2.27. The lowest BCUT2D eigenvalue weighted by molar-refractivity contribution is 0.294. The van der Waals surface area contributed by atoms with Crippen molar-refractivity contribution in [3.63, 3.8) is 0 Å². The minimum absolute atomic E-state index is 0.158. The summed E-state index contributed by atoms with van der Waals surface area (Å²) in [6, 6.07) is 0.613. The molecule has 0 amide bonds. The van der Waals surface area contributed by atoms with E-state index in [1.165, 1.54) is 12.8 Å². The molecular weight excluding hydrogens is 154 g/mol. The molecule has 1 heterocycles. The maximum atomic E-state index is 8.77. The van der Waals surface area contributed by atoms with Crippen LogP contribution in [0.4, 0.5) is 0 Å². The molecule has 0 bridgehead atoms. The van der Waals surface area contributed by atoms with E-state index in [0.29, 0.717) is 12.5 Å². The average Bonchev–Trinajstić information content (AvgIpc) is 2.80. The molecule has 1 aromatic heterocycles. The van der Waals surface area contributed by atoms with E-state index in [9.17, 15) is 0 Å². The van der Waals surface area contributed by atoms with Gasteiger partial charge in [0.1, 0.15) is 11.6 Å². The van der Waals surface area contributed by atoms with Crippen LogP contribution in [0.3, 0.4) is 0 Å². The highest BCUT2D eigenvalue weighted by Gasteiger charge is 2.27. The number of aliphatic hydroxyl groups is 1. The van der Waals surface area contributed by atoms with Crippen molar-refractivity contribution in [2.24, 2.45) is 0 Å². The van der Waals surface area contributed by atoms with Gasteiger partial charge in [-0.15, -0.1) is 10.2 Å². The third-order valence-corrected chi connectivity index (χ3v) is 2.18. The summed E-state index contributed by atoms with van der Waals surface area (Å²) in [6.45, 7) is 2.12. The van der Waals surface area contributed by atoms with Crippen molar-refractivity contribution in [2.45, 2.75) is 32.2 Å². The SMILES string of the molecule is Cc1nnc(CCO)n1C1CC1. The second-order valence-electron chi connectivity index (χ2n) is 3.24. The van der Waals surface area contributed by atoms with Crippen molar-refractivity contribution in [3.05, 3.63) is 11.6 Å². The van der Waals surface area contributed by atoms with Gasteiger partial charge in [-0.25, -0.2) is 0 Å². The lowest BCUT2D eigenvalue weighted by atomic mass is 10.4. The Bertz CT molecular complexity index is 278. The summed E-state index contributed by atoms with van der Waals surface area (Å²) in [4.78, 5) is 0. The van der Waals surface area contributed by atoms with Crippen LogP contribution in [0, 0.1) is 6.92 Å². The molecule has 0 aliphatic heterocycles. The number of rotatable bonds is 3. The van der Waals surface area contributed by atoms with E-state index in [1.807, 2.05) is 6.92 Å². The Morgan fingerprint density at radius 2 is 2.25 bits per heavy atom. The van der Waals surface area contributed by atoms with Gasteiger partial charge >= 0.3 is 0 Å². The predicted molar refractivity (Wildman–Crippen MR) is 43.8 cm³/mol. The van der Waals surface area contributed by atoms with E-state index in [4.69, 9.17) is 5.11 Å². The maximum absolute atomic E-state index is 8.77. The van der Waals surface area contributed by atoms with Crippen LogP contribution in [0.1, 0.15) is 30.5 Å². The van der Waals surface area contributed by atoms with Gasteiger partial charge in [-0.1, -0.05) is 0 Å². The van der Waals surface area contributed by atoms with Crippen molar-refractivity contribution in [1.82, 2.24) is 14.8 Å². The normalized spacial score (nSPS) is 16.8. The van der Waals surface area contributed by atoms with E-state index in [2.05, 4.69) is 14.8 Å². The molecule has 4 heteroatoms. The summed E-state index contributed by atoms with van der Waals surface area (Å²) < 4.78 is 2.15. The molecule has 4 nitrogen and oxygen atoms in total. The zero-order valence-electron chi connectivity index (χ0n) is 7.19. The Hall–Kier alpha value is -0.900. The lowest BCUT2D eigenvalue weighted by Crippen LogP contribution is -2.05. The highest BCUT2D eigenvalue weighted by Crippen LogP contribution is 2.36. The first-order valence-corrected chi connectivity index (χ1v) is 4.34. The smallest absolute Gasteiger partial charge is 0.135 e. The number of hydrogen-bond acceptors (Lipinski definition) is 3. The molecule has 1 aliphatic carbocycles. The lowest BCUT2D eigenvalue weighted by Gasteiger charge is -2.04. The zero-order valence-corrected chi connectivity index (χ0v) is 7.19. The fourth-order valence-corrected chi connectivity index (χ4v) is 1.49. The quantitative estimate of drug-likeness (QED) is 0.711. The van der Waals surface area contributed by atoms with E-state index in [-0.39, 0.29) is 6.61 Å². The highest BCUT2D eigenvalue weighted by atomic mass is 16.3. The molecule has 0 atom stereocenters. The molecule has 1 N–H and O–H groups in total. The van der Waals surface area contributed by atoms with Crippen LogP contribution in [0.5, 0.6) is 0 Å². The zero-order chi connectivity index (χ0) is 8.55. The van der Waals surface area contributed by atoms with Gasteiger partial charge < -0.3 is 9.67 Å². The summed E-state index contributed by atoms with van der Waals surface area (Å²) in [7, 11) is 0. The summed E-state index contributed by atoms with van der Waals surface area (Å²) in [5.41, 5.74) is 0. The Morgan fingerprint density at radius 3 is 2.83 bits per heavy atom. The minimum atomic E-state index is 0.158. The fourth-order valence-electron chi connectivity index (χ4n) is 1.49. The van der Waals surface area contributed by atoms with E-state index >= 15 is 0 Å². The molecule has 0 radical (unpaired) electrons. The first kappa shape index (κ1) is 7.73. The predicted octanol–water partition coefficient (Wildman–Crippen LogP) is 0.456. The highest BCUT2D eigenvalue weighted by molar-refractivity contribution is 5.01. The molecule has 0 saturated heterocycles. The second kappa shape index (κ2) is 2.86. The topological polar surface area (TPSA) is 50.9 Å². The van der Waals surface area contributed by atoms with Gasteiger partial charge in [0.15, 0.2) is 0 Å². The van der Waals surface area contributed by atoms with E-state index in [1.54, 1.807) is 0 Å². The van der Waals surface area contributed by atoms with Crippen LogP contribution < -0.4 is 0 Å². The monoisotopic (exact) mass is 167 g/mol. The van der Waals surface area contributed by atoms with Gasteiger partial charge in [0, 0.05) is 12.5 Å². The number of hydrogen-bond donors (Lipinski definition) is 1. The van der Waals surface area contributed by atoms with Gasteiger partial charge in [-0.2, -0.15) is 0 Å². The minimum Gasteiger partial charge on any atom is -0.396 e. The molecule has 1 saturated carbocycles. The summed E-state index contributed by atoms with van der Waals surface area (Å²) in [5, 5.41) is 16.8. The van der Waals surface area contributed by atoms with Crippen molar-refractivity contribution in [1.29, 1.82) is 0 Å². The van der Waals surface area contributed by atoms with Gasteiger partial charge in [-0.3, -0.25) is 0 Å². The van der Waals surface area contributed by atoms with Crippen LogP contribution in [-0.4, -0.2) is 26.5 Å². The fraction of sp³-hybridized carbons (Fsp3) is 0.750. The molecule has 66 valence electrons. The van der Waals surface area contributed by atoms with E-state index in [0.717, 1.165) is 11.6 Å². The van der Waals surface area contributed by atoms with Crippen LogP contribution in [0.15, 0.2) is 0 Å². The van der Waals surface area contributed by atoms with Crippen molar-refractivity contribution in [2.75, 3.05) is 6.61 Å². The van der Waals surface area contributed by atoms with E-state index < -0.39 is 0 Å². The number of nitrogens with zero attached hydrogens (tertiary/aromatic N) is 3. The van der Waals surface area contributed by atoms with Gasteiger partial charge in [0.25, 0.3) is 0 Å². The van der Waals surface area contributed by atoms with Crippen LogP contribution in [-0.2, 0) is 6.42 Å². The molecule has 0 unspecified atom stereocenters. The molecule has 0 spiro atoms. The number of aliphatic hydroxyl groups excluding tert-OH is 1. The molecule has 0 aromatic carbocycles. The molecule has 2 rings (SSSR count). The second-order valence-corrected chi connectivity index (χ2v) is 3.24. The maximum Gasteiger partial charge on any atom is 0.135 e. The first-order chi connectivity index (χ1) is 5.83. The molecule has 1 fully saturated rings. The number of aromatic nitrogens is 3. The third kappa shape index (κ3) is 1.22. The standard InChI is InChI=1S/C8H13N3O/c1-6-9-10-8(4-5-12)11(6)7-2-3-7/h7,12H,2-5H2,1H3. The number of aryl methyl sites for hydroxylation is 1. The molecular formula is C8H13N3O.